The zero-order chi connectivity index (χ0) is 18.0. The van der Waals surface area contributed by atoms with Crippen molar-refractivity contribution < 1.29 is 14.7 Å². The summed E-state index contributed by atoms with van der Waals surface area (Å²) in [6, 6.07) is 12.4. The fourth-order valence-corrected chi connectivity index (χ4v) is 2.94. The molecule has 25 heavy (non-hydrogen) atoms. The number of nitrogens with one attached hydrogen (secondary N) is 2. The van der Waals surface area contributed by atoms with Crippen LogP contribution in [-0.4, -0.2) is 23.6 Å². The van der Waals surface area contributed by atoms with E-state index in [-0.39, 0.29) is 0 Å². The quantitative estimate of drug-likeness (QED) is 0.784. The van der Waals surface area contributed by atoms with E-state index in [1.807, 2.05) is 6.92 Å². The summed E-state index contributed by atoms with van der Waals surface area (Å²) in [4.78, 5) is 26.5. The molecule has 0 aliphatic carbocycles. The number of fused-ring (bicyclic) bond motifs is 1. The third kappa shape index (κ3) is 2.94. The molecule has 3 N–H and O–H groups in total. The van der Waals surface area contributed by atoms with Gasteiger partial charge in [0.2, 0.25) is 0 Å². The number of carbonyl (C=O) groups excluding carboxylic acids is 2. The molecule has 0 bridgehead atoms. The average molecular weight is 360 g/mol. The Morgan fingerprint density at radius 1 is 1.24 bits per heavy atom. The first-order valence-electron chi connectivity index (χ1n) is 7.95. The van der Waals surface area contributed by atoms with Crippen LogP contribution in [0.4, 0.5) is 16.2 Å². The van der Waals surface area contributed by atoms with Gasteiger partial charge in [-0.15, -0.1) is 0 Å². The maximum atomic E-state index is 12.8. The number of rotatable bonds is 4. The molecule has 1 atom stereocenters. The maximum absolute atomic E-state index is 12.8. The Morgan fingerprint density at radius 2 is 1.92 bits per heavy atom. The molecule has 0 fully saturated rings. The molecule has 7 heteroatoms. The van der Waals surface area contributed by atoms with Crippen LogP contribution in [0, 0.1) is 0 Å². The Balaban J connectivity index is 2.16. The normalized spacial score (nSPS) is 19.2. The van der Waals surface area contributed by atoms with E-state index in [9.17, 15) is 14.7 Å². The van der Waals surface area contributed by atoms with Gasteiger partial charge in [0, 0.05) is 22.8 Å². The minimum atomic E-state index is -2.16. The summed E-state index contributed by atoms with van der Waals surface area (Å²) in [7, 11) is 0. The molecule has 0 radical (unpaired) electrons. The van der Waals surface area contributed by atoms with E-state index in [2.05, 4.69) is 10.6 Å². The van der Waals surface area contributed by atoms with E-state index in [1.165, 1.54) is 0 Å². The highest BCUT2D eigenvalue weighted by molar-refractivity contribution is 6.30. The van der Waals surface area contributed by atoms with Crippen molar-refractivity contribution in [2.45, 2.75) is 19.1 Å². The molecular weight excluding hydrogens is 342 g/mol. The molecule has 0 saturated carbocycles. The second kappa shape index (κ2) is 6.74. The van der Waals surface area contributed by atoms with Gasteiger partial charge in [-0.25, -0.2) is 4.79 Å². The van der Waals surface area contributed by atoms with Gasteiger partial charge in [-0.2, -0.15) is 0 Å². The fourth-order valence-electron chi connectivity index (χ4n) is 2.81. The average Bonchev–Trinajstić information content (AvgIpc) is 2.61. The Hall–Kier alpha value is -2.57. The molecule has 0 aromatic heterocycles. The summed E-state index contributed by atoms with van der Waals surface area (Å²) in [6.45, 7) is 2.29. The van der Waals surface area contributed by atoms with E-state index < -0.39 is 17.7 Å². The number of benzene rings is 2. The lowest BCUT2D eigenvalue weighted by molar-refractivity contribution is -0.140. The molecule has 1 aliphatic heterocycles. The number of anilines is 2. The zero-order valence-corrected chi connectivity index (χ0v) is 14.4. The number of carbonyl (C=O) groups is 2. The molecule has 1 heterocycles. The van der Waals surface area contributed by atoms with E-state index in [0.717, 1.165) is 4.90 Å². The lowest BCUT2D eigenvalue weighted by Crippen LogP contribution is -2.62. The molecular formula is C18H18ClN3O3. The number of nitrogens with zero attached hydrogens (tertiary/aromatic N) is 1. The van der Waals surface area contributed by atoms with Gasteiger partial charge in [-0.1, -0.05) is 36.7 Å². The van der Waals surface area contributed by atoms with Crippen molar-refractivity contribution in [3.8, 4) is 0 Å². The number of amides is 3. The number of hydrogen-bond acceptors (Lipinski definition) is 3. The highest BCUT2D eigenvalue weighted by atomic mass is 35.5. The SMILES string of the molecule is CCCNC(=O)[C@@]1(O)c2ccccc2NC(=O)N1c1ccc(Cl)cc1. The third-order valence-corrected chi connectivity index (χ3v) is 4.26. The van der Waals surface area contributed by atoms with Gasteiger partial charge in [0.1, 0.15) is 0 Å². The van der Waals surface area contributed by atoms with Crippen molar-refractivity contribution in [2.24, 2.45) is 0 Å². The highest BCUT2D eigenvalue weighted by Crippen LogP contribution is 2.39. The first kappa shape index (κ1) is 17.3. The Bertz CT molecular complexity index is 809. The molecule has 0 saturated heterocycles. The van der Waals surface area contributed by atoms with Crippen LogP contribution in [0.25, 0.3) is 0 Å². The van der Waals surface area contributed by atoms with Gasteiger partial charge in [-0.05, 0) is 36.8 Å². The number of hydrogen-bond donors (Lipinski definition) is 3. The van der Waals surface area contributed by atoms with Gasteiger partial charge in [0.25, 0.3) is 11.6 Å². The monoisotopic (exact) mass is 359 g/mol. The predicted octanol–water partition coefficient (Wildman–Crippen LogP) is 3.06. The largest absolute Gasteiger partial charge is 0.359 e. The van der Waals surface area contributed by atoms with Crippen LogP contribution in [-0.2, 0) is 10.5 Å². The lowest BCUT2D eigenvalue weighted by Gasteiger charge is -2.42. The van der Waals surface area contributed by atoms with Crippen LogP contribution in [0.15, 0.2) is 48.5 Å². The van der Waals surface area contributed by atoms with Crippen molar-refractivity contribution >= 4 is 34.9 Å². The van der Waals surface area contributed by atoms with Crippen LogP contribution in [0.2, 0.25) is 5.02 Å². The zero-order valence-electron chi connectivity index (χ0n) is 13.6. The van der Waals surface area contributed by atoms with E-state index in [4.69, 9.17) is 11.6 Å². The molecule has 2 aromatic rings. The molecule has 1 aliphatic rings. The lowest BCUT2D eigenvalue weighted by atomic mass is 9.95. The number of aliphatic hydroxyl groups is 1. The first-order valence-corrected chi connectivity index (χ1v) is 8.33. The second-order valence-corrected chi connectivity index (χ2v) is 6.15. The summed E-state index contributed by atoms with van der Waals surface area (Å²) in [5, 5.41) is 17.3. The van der Waals surface area contributed by atoms with Gasteiger partial charge >= 0.3 is 6.03 Å². The summed E-state index contributed by atoms with van der Waals surface area (Å²) < 4.78 is 0. The first-order chi connectivity index (χ1) is 12.0. The molecule has 3 amide bonds. The third-order valence-electron chi connectivity index (χ3n) is 4.01. The summed E-state index contributed by atoms with van der Waals surface area (Å²) in [5.41, 5.74) is -1.11. The summed E-state index contributed by atoms with van der Waals surface area (Å²) in [5.74, 6) is -0.661. The number of para-hydroxylation sites is 1. The Labute approximate surface area is 150 Å². The van der Waals surface area contributed by atoms with Crippen molar-refractivity contribution in [3.63, 3.8) is 0 Å². The van der Waals surface area contributed by atoms with Gasteiger partial charge in [0.15, 0.2) is 0 Å². The molecule has 6 nitrogen and oxygen atoms in total. The molecule has 3 rings (SSSR count). The minimum absolute atomic E-state index is 0.304. The van der Waals surface area contributed by atoms with Gasteiger partial charge in [-0.3, -0.25) is 9.69 Å². The standard InChI is InChI=1S/C18H18ClN3O3/c1-2-11-20-16(23)18(25)14-5-3-4-6-15(14)21-17(24)22(18)13-9-7-12(19)8-10-13/h3-10,25H,2,11H2,1H3,(H,20,23)(H,21,24)/t18-/m0/s1. The van der Waals surface area contributed by atoms with Crippen molar-refractivity contribution in [1.82, 2.24) is 5.32 Å². The van der Waals surface area contributed by atoms with Crippen LogP contribution in [0.1, 0.15) is 18.9 Å². The summed E-state index contributed by atoms with van der Waals surface area (Å²) >= 11 is 5.91. The van der Waals surface area contributed by atoms with Crippen LogP contribution < -0.4 is 15.5 Å². The number of urea groups is 1. The van der Waals surface area contributed by atoms with Crippen LogP contribution in [0.3, 0.4) is 0 Å². The maximum Gasteiger partial charge on any atom is 0.329 e. The van der Waals surface area contributed by atoms with Crippen molar-refractivity contribution in [3.05, 3.63) is 59.1 Å². The topological polar surface area (TPSA) is 81.7 Å². The highest BCUT2D eigenvalue weighted by Gasteiger charge is 2.51. The van der Waals surface area contributed by atoms with Gasteiger partial charge in [0.05, 0.1) is 5.69 Å². The van der Waals surface area contributed by atoms with Gasteiger partial charge < -0.3 is 15.7 Å². The molecule has 0 unspecified atom stereocenters. The Morgan fingerprint density at radius 3 is 2.60 bits per heavy atom. The fraction of sp³-hybridized carbons (Fsp3) is 0.222. The second-order valence-electron chi connectivity index (χ2n) is 5.72. The number of halogens is 1. The molecule has 2 aromatic carbocycles. The van der Waals surface area contributed by atoms with Crippen LogP contribution in [0.5, 0.6) is 0 Å². The van der Waals surface area contributed by atoms with E-state index in [0.29, 0.717) is 34.9 Å². The molecule has 0 spiro atoms. The minimum Gasteiger partial charge on any atom is -0.359 e. The van der Waals surface area contributed by atoms with E-state index in [1.54, 1.807) is 48.5 Å². The van der Waals surface area contributed by atoms with Crippen molar-refractivity contribution in [2.75, 3.05) is 16.8 Å². The molecule has 130 valence electrons. The Kier molecular flexibility index (Phi) is 4.65. The van der Waals surface area contributed by atoms with Crippen molar-refractivity contribution in [1.29, 1.82) is 0 Å². The smallest absolute Gasteiger partial charge is 0.329 e. The van der Waals surface area contributed by atoms with Crippen LogP contribution >= 0.6 is 11.6 Å². The summed E-state index contributed by atoms with van der Waals surface area (Å²) in [6.07, 6.45) is 0.705. The predicted molar refractivity (Wildman–Crippen MR) is 96.6 cm³/mol. The van der Waals surface area contributed by atoms with E-state index >= 15 is 0 Å².